The van der Waals surface area contributed by atoms with Crippen LogP contribution in [-0.4, -0.2) is 4.57 Å². The van der Waals surface area contributed by atoms with Gasteiger partial charge in [-0.05, 0) is 133 Å². The third-order valence-electron chi connectivity index (χ3n) is 13.8. The second kappa shape index (κ2) is 12.7. The zero-order valence-electron chi connectivity index (χ0n) is 34.4. The van der Waals surface area contributed by atoms with Gasteiger partial charge in [-0.15, -0.1) is 0 Å². The van der Waals surface area contributed by atoms with Gasteiger partial charge in [0, 0.05) is 33.0 Å². The van der Waals surface area contributed by atoms with E-state index in [4.69, 9.17) is 0 Å². The highest BCUT2D eigenvalue weighted by Crippen LogP contribution is 2.56. The first kappa shape index (κ1) is 34.8. The minimum absolute atomic E-state index is 0.104. The van der Waals surface area contributed by atoms with Gasteiger partial charge in [-0.2, -0.15) is 0 Å². The van der Waals surface area contributed by atoms with Gasteiger partial charge in [-0.25, -0.2) is 0 Å². The molecule has 0 saturated heterocycles. The number of para-hydroxylation sites is 2. The van der Waals surface area contributed by atoms with Gasteiger partial charge in [0.05, 0.1) is 22.4 Å². The molecule has 0 N–H and O–H groups in total. The van der Waals surface area contributed by atoms with Gasteiger partial charge in [0.2, 0.25) is 0 Å². The fourth-order valence-electron chi connectivity index (χ4n) is 10.7. The number of anilines is 3. The molecule has 10 aromatic rings. The Kier molecular flexibility index (Phi) is 7.36. The van der Waals surface area contributed by atoms with Crippen molar-refractivity contribution in [3.8, 4) is 39.1 Å². The quantitative estimate of drug-likeness (QED) is 0.173. The molecular weight excluding hydrogens is 725 g/mol. The number of hydrogen-bond acceptors (Lipinski definition) is 1. The molecule has 2 aliphatic rings. The summed E-state index contributed by atoms with van der Waals surface area (Å²) in [6.07, 6.45) is 0. The van der Waals surface area contributed by atoms with Crippen molar-refractivity contribution in [1.82, 2.24) is 4.57 Å². The fraction of sp³-hybridized carbons (Fsp3) is 0.103. The summed E-state index contributed by atoms with van der Waals surface area (Å²) < 4.78 is 2.39. The van der Waals surface area contributed by atoms with Crippen molar-refractivity contribution >= 4 is 49.6 Å². The number of benzene rings is 9. The summed E-state index contributed by atoms with van der Waals surface area (Å²) in [7, 11) is 0. The smallest absolute Gasteiger partial charge is 0.0541 e. The van der Waals surface area contributed by atoms with Gasteiger partial charge in [0.1, 0.15) is 0 Å². The minimum Gasteiger partial charge on any atom is -0.310 e. The molecule has 2 nitrogen and oxygen atoms in total. The monoisotopic (exact) mass is 768 g/mol. The van der Waals surface area contributed by atoms with Gasteiger partial charge in [0.25, 0.3) is 0 Å². The van der Waals surface area contributed by atoms with Crippen LogP contribution in [0, 0.1) is 0 Å². The maximum atomic E-state index is 2.53. The molecule has 60 heavy (non-hydrogen) atoms. The van der Waals surface area contributed by atoms with Gasteiger partial charge in [-0.3, -0.25) is 0 Å². The average molecular weight is 769 g/mol. The first-order valence-corrected chi connectivity index (χ1v) is 21.2. The second-order valence-corrected chi connectivity index (χ2v) is 17.8. The Morgan fingerprint density at radius 1 is 0.333 bits per heavy atom. The van der Waals surface area contributed by atoms with Crippen molar-refractivity contribution in [2.75, 3.05) is 4.90 Å². The third kappa shape index (κ3) is 4.94. The lowest BCUT2D eigenvalue weighted by Crippen LogP contribution is -2.31. The van der Waals surface area contributed by atoms with Crippen molar-refractivity contribution in [3.05, 3.63) is 216 Å². The predicted octanol–water partition coefficient (Wildman–Crippen LogP) is 15.7. The predicted molar refractivity (Wildman–Crippen MR) is 254 cm³/mol. The fourth-order valence-corrected chi connectivity index (χ4v) is 10.7. The first-order chi connectivity index (χ1) is 29.3. The Bertz CT molecular complexity index is 3380. The first-order valence-electron chi connectivity index (χ1n) is 21.2. The largest absolute Gasteiger partial charge is 0.310 e. The molecule has 0 saturated carbocycles. The highest BCUT2D eigenvalue weighted by Gasteiger charge is 2.40. The molecule has 0 unspecified atom stereocenters. The zero-order valence-corrected chi connectivity index (χ0v) is 34.4. The lowest BCUT2D eigenvalue weighted by atomic mass is 9.72. The third-order valence-corrected chi connectivity index (χ3v) is 13.8. The zero-order chi connectivity index (χ0) is 40.3. The van der Waals surface area contributed by atoms with Crippen LogP contribution >= 0.6 is 0 Å². The van der Waals surface area contributed by atoms with Crippen molar-refractivity contribution in [3.63, 3.8) is 0 Å². The van der Waals surface area contributed by atoms with Gasteiger partial charge in [0.15, 0.2) is 0 Å². The maximum absolute atomic E-state index is 2.53. The van der Waals surface area contributed by atoms with E-state index < -0.39 is 0 Å². The molecule has 0 fully saturated rings. The van der Waals surface area contributed by atoms with Crippen molar-refractivity contribution in [2.45, 2.75) is 38.5 Å². The SMILES string of the molecule is CC1(C)c2ccccc2-c2ccc(N3c4ccc(-c5ccc6c(c5)c5ccccc5n6-c5ccccc5)cc4C(C)(C)c4cc(-c5cccc6ccccc56)ccc43)cc21. The van der Waals surface area contributed by atoms with E-state index in [1.54, 1.807) is 0 Å². The van der Waals surface area contributed by atoms with E-state index in [0.29, 0.717) is 0 Å². The summed E-state index contributed by atoms with van der Waals surface area (Å²) >= 11 is 0. The molecule has 2 heterocycles. The van der Waals surface area contributed by atoms with E-state index in [1.165, 1.54) is 111 Å². The average Bonchev–Trinajstić information content (AvgIpc) is 3.74. The normalized spacial score (nSPS) is 14.6. The van der Waals surface area contributed by atoms with Crippen molar-refractivity contribution < 1.29 is 0 Å². The molecule has 9 aromatic carbocycles. The van der Waals surface area contributed by atoms with Gasteiger partial charge < -0.3 is 9.47 Å². The highest BCUT2D eigenvalue weighted by atomic mass is 15.2. The lowest BCUT2D eigenvalue weighted by molar-refractivity contribution is 0.632. The maximum Gasteiger partial charge on any atom is 0.0541 e. The van der Waals surface area contributed by atoms with Crippen LogP contribution in [0.3, 0.4) is 0 Å². The summed E-state index contributed by atoms with van der Waals surface area (Å²) in [5, 5.41) is 5.06. The Balaban J connectivity index is 1.06. The molecule has 286 valence electrons. The summed E-state index contributed by atoms with van der Waals surface area (Å²) in [6.45, 7) is 9.58. The molecule has 0 spiro atoms. The van der Waals surface area contributed by atoms with E-state index in [9.17, 15) is 0 Å². The molecular formula is C58H44N2. The number of hydrogen-bond donors (Lipinski definition) is 0. The van der Waals surface area contributed by atoms with Crippen LogP contribution in [0.4, 0.5) is 17.1 Å². The van der Waals surface area contributed by atoms with E-state index in [-0.39, 0.29) is 10.8 Å². The lowest BCUT2D eigenvalue weighted by Gasteiger charge is -2.43. The molecule has 0 bridgehead atoms. The molecule has 0 atom stereocenters. The van der Waals surface area contributed by atoms with Crippen LogP contribution in [0.5, 0.6) is 0 Å². The molecule has 1 aliphatic carbocycles. The van der Waals surface area contributed by atoms with E-state index in [1.807, 2.05) is 0 Å². The molecule has 0 amide bonds. The van der Waals surface area contributed by atoms with E-state index in [0.717, 1.165) is 0 Å². The second-order valence-electron chi connectivity index (χ2n) is 17.8. The van der Waals surface area contributed by atoms with Crippen molar-refractivity contribution in [1.29, 1.82) is 0 Å². The number of fused-ring (bicyclic) bond motifs is 9. The summed E-state index contributed by atoms with van der Waals surface area (Å²) in [4.78, 5) is 2.53. The molecule has 12 rings (SSSR count). The number of rotatable bonds is 4. The van der Waals surface area contributed by atoms with Crippen LogP contribution in [0.25, 0.3) is 71.6 Å². The van der Waals surface area contributed by atoms with Gasteiger partial charge in [-0.1, -0.05) is 155 Å². The summed E-state index contributed by atoms with van der Waals surface area (Å²) in [6, 6.07) is 72.4. The van der Waals surface area contributed by atoms with Crippen molar-refractivity contribution in [2.24, 2.45) is 0 Å². The Morgan fingerprint density at radius 2 is 0.917 bits per heavy atom. The van der Waals surface area contributed by atoms with E-state index in [2.05, 4.69) is 231 Å². The van der Waals surface area contributed by atoms with Crippen LogP contribution in [0.15, 0.2) is 194 Å². The molecule has 1 aromatic heterocycles. The topological polar surface area (TPSA) is 8.17 Å². The summed E-state index contributed by atoms with van der Waals surface area (Å²) in [5.41, 5.74) is 19.9. The van der Waals surface area contributed by atoms with Gasteiger partial charge >= 0.3 is 0 Å². The van der Waals surface area contributed by atoms with Crippen LogP contribution in [0.2, 0.25) is 0 Å². The van der Waals surface area contributed by atoms with Crippen LogP contribution in [0.1, 0.15) is 49.9 Å². The highest BCUT2D eigenvalue weighted by molar-refractivity contribution is 6.10. The number of nitrogens with zero attached hydrogens (tertiary/aromatic N) is 2. The molecule has 0 radical (unpaired) electrons. The minimum atomic E-state index is -0.294. The van der Waals surface area contributed by atoms with E-state index >= 15 is 0 Å². The number of aromatic nitrogens is 1. The van der Waals surface area contributed by atoms with Crippen LogP contribution < -0.4 is 4.90 Å². The Labute approximate surface area is 351 Å². The standard InChI is InChI=1S/C58H44N2/c1-57(2)49-23-12-10-20-45(49)46-29-28-42(36-50(46)57)60-55-31-26-39(38-25-30-54-48(33-38)47-21-11-13-24-53(47)59(54)41-17-6-5-7-18-41)34-51(55)58(3,4)52-35-40(27-32-56(52)60)44-22-14-16-37-15-8-9-19-43(37)44/h5-36H,1-4H3. The molecule has 1 aliphatic heterocycles. The van der Waals surface area contributed by atoms with Crippen LogP contribution in [-0.2, 0) is 10.8 Å². The Hall–Kier alpha value is -7.16. The Morgan fingerprint density at radius 3 is 1.75 bits per heavy atom. The summed E-state index contributed by atoms with van der Waals surface area (Å²) in [5.74, 6) is 0. The molecule has 2 heteroatoms.